The molecule has 0 saturated carbocycles. The Kier molecular flexibility index (Phi) is 2.30. The van der Waals surface area contributed by atoms with Gasteiger partial charge in [0.25, 0.3) is 0 Å². The van der Waals surface area contributed by atoms with E-state index in [1.165, 1.54) is 30.6 Å². The molecule has 1 atom stereocenters. The lowest BCUT2D eigenvalue weighted by Gasteiger charge is -2.52. The van der Waals surface area contributed by atoms with Crippen LogP contribution in [0.2, 0.25) is 0 Å². The fourth-order valence-corrected chi connectivity index (χ4v) is 3.42. The lowest BCUT2D eigenvalue weighted by molar-refractivity contribution is 0.296. The van der Waals surface area contributed by atoms with Gasteiger partial charge in [-0.05, 0) is 36.3 Å². The summed E-state index contributed by atoms with van der Waals surface area (Å²) in [5, 5.41) is 0. The Morgan fingerprint density at radius 3 is 2.82 bits per heavy atom. The number of anilines is 1. The van der Waals surface area contributed by atoms with Crippen LogP contribution in [0.3, 0.4) is 0 Å². The van der Waals surface area contributed by atoms with Crippen LogP contribution in [0.4, 0.5) is 5.69 Å². The van der Waals surface area contributed by atoms with E-state index in [1.54, 1.807) is 11.5 Å². The minimum absolute atomic E-state index is 0.281. The molecule has 0 fully saturated rings. The monoisotopic (exact) mass is 228 g/mol. The molecule has 17 heavy (non-hydrogen) atoms. The van der Waals surface area contributed by atoms with Crippen LogP contribution in [0, 0.1) is 11.3 Å². The van der Waals surface area contributed by atoms with Crippen LogP contribution in [-0.4, -0.2) is 12.6 Å². The maximum Gasteiger partial charge on any atom is 0.0440 e. The third-order valence-electron chi connectivity index (χ3n) is 5.13. The number of benzene rings is 1. The zero-order valence-electron chi connectivity index (χ0n) is 11.4. The highest BCUT2D eigenvalue weighted by Gasteiger charge is 2.44. The Balaban J connectivity index is 2.23. The molecule has 2 aliphatic heterocycles. The summed E-state index contributed by atoms with van der Waals surface area (Å²) in [6.07, 6.45) is 2.55. The molecule has 2 aliphatic rings. The zero-order chi connectivity index (χ0) is 12.2. The van der Waals surface area contributed by atoms with E-state index in [1.807, 2.05) is 0 Å². The fraction of sp³-hybridized carbons (Fsp3) is 0.562. The number of para-hydroxylation sites is 1. The Bertz CT molecular complexity index is 447. The first-order chi connectivity index (χ1) is 8.03. The molecule has 1 aromatic carbocycles. The van der Waals surface area contributed by atoms with Crippen LogP contribution >= 0.6 is 0 Å². The van der Waals surface area contributed by atoms with E-state index in [0.717, 1.165) is 0 Å². The fourth-order valence-electron chi connectivity index (χ4n) is 3.42. The number of nitrogens with zero attached hydrogens (tertiary/aromatic N) is 1. The van der Waals surface area contributed by atoms with Gasteiger partial charge in [-0.1, -0.05) is 39.0 Å². The highest BCUT2D eigenvalue weighted by molar-refractivity contribution is 5.69. The van der Waals surface area contributed by atoms with Gasteiger partial charge in [0.05, 0.1) is 0 Å². The summed E-state index contributed by atoms with van der Waals surface area (Å²) in [5.74, 6) is 1.56. The van der Waals surface area contributed by atoms with Crippen LogP contribution < -0.4 is 4.90 Å². The first-order valence-electron chi connectivity index (χ1n) is 6.76. The van der Waals surface area contributed by atoms with E-state index >= 15 is 0 Å². The van der Waals surface area contributed by atoms with Crippen LogP contribution in [0.1, 0.15) is 45.2 Å². The number of hydrogen-bond acceptors (Lipinski definition) is 1. The molecule has 1 radical (unpaired) electrons. The van der Waals surface area contributed by atoms with E-state index in [4.69, 9.17) is 0 Å². The van der Waals surface area contributed by atoms with Crippen molar-refractivity contribution in [1.82, 2.24) is 0 Å². The summed E-state index contributed by atoms with van der Waals surface area (Å²) >= 11 is 0. The van der Waals surface area contributed by atoms with Gasteiger partial charge >= 0.3 is 0 Å². The van der Waals surface area contributed by atoms with Gasteiger partial charge in [-0.3, -0.25) is 0 Å². The number of hydrogen-bond donors (Lipinski definition) is 0. The molecule has 1 heteroatoms. The van der Waals surface area contributed by atoms with Crippen molar-refractivity contribution in [3.8, 4) is 0 Å². The van der Waals surface area contributed by atoms with Crippen molar-refractivity contribution >= 4 is 5.69 Å². The summed E-state index contributed by atoms with van der Waals surface area (Å²) in [7, 11) is 0. The summed E-state index contributed by atoms with van der Waals surface area (Å²) in [6.45, 7) is 10.7. The Morgan fingerprint density at radius 1 is 1.29 bits per heavy atom. The van der Waals surface area contributed by atoms with E-state index in [0.29, 0.717) is 6.04 Å². The smallest absolute Gasteiger partial charge is 0.0440 e. The summed E-state index contributed by atoms with van der Waals surface area (Å²) in [6, 6.07) is 7.45. The van der Waals surface area contributed by atoms with Crippen molar-refractivity contribution in [3.05, 3.63) is 35.2 Å². The maximum atomic E-state index is 2.64. The van der Waals surface area contributed by atoms with Crippen molar-refractivity contribution in [3.63, 3.8) is 0 Å². The molecule has 0 bridgehead atoms. The molecule has 0 amide bonds. The minimum atomic E-state index is 0.281. The second-order valence-corrected chi connectivity index (χ2v) is 6.13. The average molecular weight is 228 g/mol. The van der Waals surface area contributed by atoms with E-state index in [-0.39, 0.29) is 5.41 Å². The third kappa shape index (κ3) is 1.38. The standard InChI is InChI=1S/C16H22N/c1-11-14-9-5-7-13-8-6-10-17(15(13)14)12(2)16(11,3)4/h5,7,9,12H,6,8,10H2,1-4H3. The largest absolute Gasteiger partial charge is 0.368 e. The molecule has 0 N–H and O–H groups in total. The van der Waals surface area contributed by atoms with Gasteiger partial charge in [-0.25, -0.2) is 0 Å². The van der Waals surface area contributed by atoms with Gasteiger partial charge in [-0.2, -0.15) is 0 Å². The summed E-state index contributed by atoms with van der Waals surface area (Å²) in [4.78, 5) is 2.64. The van der Waals surface area contributed by atoms with E-state index < -0.39 is 0 Å². The lowest BCUT2D eigenvalue weighted by atomic mass is 9.66. The molecule has 91 valence electrons. The van der Waals surface area contributed by atoms with E-state index in [2.05, 4.69) is 50.8 Å². The van der Waals surface area contributed by atoms with Gasteiger partial charge in [0.1, 0.15) is 0 Å². The highest BCUT2D eigenvalue weighted by Crippen LogP contribution is 2.50. The van der Waals surface area contributed by atoms with Crippen LogP contribution in [-0.2, 0) is 6.42 Å². The molecular formula is C16H22N. The molecule has 0 aromatic heterocycles. The predicted molar refractivity (Wildman–Crippen MR) is 73.4 cm³/mol. The van der Waals surface area contributed by atoms with E-state index in [9.17, 15) is 0 Å². The molecular weight excluding hydrogens is 206 g/mol. The second kappa shape index (κ2) is 3.51. The molecule has 0 aliphatic carbocycles. The second-order valence-electron chi connectivity index (χ2n) is 6.13. The third-order valence-corrected chi connectivity index (χ3v) is 5.13. The highest BCUT2D eigenvalue weighted by atomic mass is 15.2. The first-order valence-corrected chi connectivity index (χ1v) is 6.76. The average Bonchev–Trinajstić information content (AvgIpc) is 2.34. The quantitative estimate of drug-likeness (QED) is 0.652. The number of aryl methyl sites for hydroxylation is 1. The molecule has 1 nitrogen and oxygen atoms in total. The normalized spacial score (nSPS) is 26.8. The van der Waals surface area contributed by atoms with Crippen LogP contribution in [0.5, 0.6) is 0 Å². The SMILES string of the molecule is C[C]1c2cccc3c2N(CCC3)C(C)C1(C)C. The van der Waals surface area contributed by atoms with Gasteiger partial charge < -0.3 is 4.90 Å². The van der Waals surface area contributed by atoms with Crippen molar-refractivity contribution < 1.29 is 0 Å². The lowest BCUT2D eigenvalue weighted by Crippen LogP contribution is -2.52. The zero-order valence-corrected chi connectivity index (χ0v) is 11.4. The molecule has 0 spiro atoms. The van der Waals surface area contributed by atoms with Gasteiger partial charge in [-0.15, -0.1) is 0 Å². The number of rotatable bonds is 0. The molecule has 2 heterocycles. The Labute approximate surface area is 105 Å². The van der Waals surface area contributed by atoms with Crippen molar-refractivity contribution in [2.24, 2.45) is 5.41 Å². The predicted octanol–water partition coefficient (Wildman–Crippen LogP) is 3.81. The van der Waals surface area contributed by atoms with Crippen LogP contribution in [0.25, 0.3) is 0 Å². The Hall–Kier alpha value is -0.980. The summed E-state index contributed by atoms with van der Waals surface area (Å²) < 4.78 is 0. The van der Waals surface area contributed by atoms with Crippen molar-refractivity contribution in [1.29, 1.82) is 0 Å². The molecule has 1 unspecified atom stereocenters. The van der Waals surface area contributed by atoms with Gasteiger partial charge in [0.15, 0.2) is 0 Å². The van der Waals surface area contributed by atoms with Gasteiger partial charge in [0.2, 0.25) is 0 Å². The van der Waals surface area contributed by atoms with Crippen molar-refractivity contribution in [2.75, 3.05) is 11.4 Å². The molecule has 3 rings (SSSR count). The van der Waals surface area contributed by atoms with Crippen molar-refractivity contribution in [2.45, 2.75) is 46.6 Å². The molecule has 0 saturated heterocycles. The Morgan fingerprint density at radius 2 is 2.06 bits per heavy atom. The molecule has 1 aromatic rings. The summed E-state index contributed by atoms with van der Waals surface area (Å²) in [5.41, 5.74) is 4.85. The topological polar surface area (TPSA) is 3.24 Å². The van der Waals surface area contributed by atoms with Crippen LogP contribution in [0.15, 0.2) is 18.2 Å². The first kappa shape index (κ1) is 11.1. The van der Waals surface area contributed by atoms with Gasteiger partial charge in [0, 0.05) is 24.2 Å². The minimum Gasteiger partial charge on any atom is -0.368 e. The maximum absolute atomic E-state index is 2.64.